The Bertz CT molecular complexity index is 546. The molecule has 3 heteroatoms. The minimum atomic E-state index is -0.578. The number of rotatable bonds is 35. The lowest BCUT2D eigenvalue weighted by Gasteiger charge is -2.10. The maximum atomic E-state index is 12.3. The summed E-state index contributed by atoms with van der Waals surface area (Å²) < 4.78 is 0. The fourth-order valence-corrected chi connectivity index (χ4v) is 6.01. The van der Waals surface area contributed by atoms with E-state index in [0.29, 0.717) is 12.8 Å². The molecule has 1 unspecified atom stereocenters. The van der Waals surface area contributed by atoms with E-state index in [0.717, 1.165) is 25.7 Å². The van der Waals surface area contributed by atoms with Crippen LogP contribution in [0.1, 0.15) is 226 Å². The SMILES string of the molecule is CCCCCCCCCCCCCCCCCC(=O)CC(N)C(=O)CCCCCCCCCCCCCCCCC. The van der Waals surface area contributed by atoms with Gasteiger partial charge in [0.05, 0.1) is 6.04 Å². The largest absolute Gasteiger partial charge is 0.321 e. The van der Waals surface area contributed by atoms with E-state index in [4.69, 9.17) is 5.73 Å². The quantitative estimate of drug-likeness (QED) is 0.0762. The lowest BCUT2D eigenvalue weighted by molar-refractivity contribution is -0.125. The molecule has 3 nitrogen and oxygen atoms in total. The summed E-state index contributed by atoms with van der Waals surface area (Å²) in [5.41, 5.74) is 6.06. The van der Waals surface area contributed by atoms with Gasteiger partial charge in [-0.25, -0.2) is 0 Å². The van der Waals surface area contributed by atoms with Crippen molar-refractivity contribution in [3.8, 4) is 0 Å². The Labute approximate surface area is 258 Å². The second-order valence-electron chi connectivity index (χ2n) is 13.2. The van der Waals surface area contributed by atoms with Crippen molar-refractivity contribution in [3.05, 3.63) is 0 Å². The summed E-state index contributed by atoms with van der Waals surface area (Å²) in [6.07, 6.45) is 41.2. The highest BCUT2D eigenvalue weighted by molar-refractivity contribution is 5.90. The minimum Gasteiger partial charge on any atom is -0.321 e. The summed E-state index contributed by atoms with van der Waals surface area (Å²) in [7, 11) is 0. The fourth-order valence-electron chi connectivity index (χ4n) is 6.01. The van der Waals surface area contributed by atoms with E-state index in [2.05, 4.69) is 13.8 Å². The highest BCUT2D eigenvalue weighted by atomic mass is 16.1. The Morgan fingerprint density at radius 2 is 0.634 bits per heavy atom. The zero-order chi connectivity index (χ0) is 30.1. The molecule has 0 heterocycles. The molecule has 0 amide bonds. The van der Waals surface area contributed by atoms with Crippen LogP contribution in [0.3, 0.4) is 0 Å². The number of ketones is 2. The summed E-state index contributed by atoms with van der Waals surface area (Å²) in [4.78, 5) is 24.6. The van der Waals surface area contributed by atoms with Gasteiger partial charge in [0.15, 0.2) is 0 Å². The summed E-state index contributed by atoms with van der Waals surface area (Å²) in [6.45, 7) is 4.56. The van der Waals surface area contributed by atoms with E-state index < -0.39 is 6.04 Å². The van der Waals surface area contributed by atoms with Gasteiger partial charge in [-0.05, 0) is 12.8 Å². The molecule has 0 spiro atoms. The normalized spacial score (nSPS) is 12.2. The van der Waals surface area contributed by atoms with Crippen LogP contribution in [0.5, 0.6) is 0 Å². The first-order valence-corrected chi connectivity index (χ1v) is 18.9. The number of Topliss-reactive ketones (excluding diaryl/α,β-unsaturated/α-hetero) is 2. The molecular formula is C38H75NO2. The van der Waals surface area contributed by atoms with Crippen LogP contribution >= 0.6 is 0 Å². The van der Waals surface area contributed by atoms with Gasteiger partial charge in [-0.15, -0.1) is 0 Å². The number of carbonyl (C=O) groups is 2. The van der Waals surface area contributed by atoms with Crippen molar-refractivity contribution in [2.45, 2.75) is 232 Å². The van der Waals surface area contributed by atoms with Gasteiger partial charge in [0.2, 0.25) is 0 Å². The molecule has 0 aromatic rings. The lowest BCUT2D eigenvalue weighted by Crippen LogP contribution is -2.32. The number of nitrogens with two attached hydrogens (primary N) is 1. The van der Waals surface area contributed by atoms with Gasteiger partial charge in [0.1, 0.15) is 11.6 Å². The first kappa shape index (κ1) is 40.3. The van der Waals surface area contributed by atoms with E-state index >= 15 is 0 Å². The maximum absolute atomic E-state index is 12.3. The zero-order valence-corrected chi connectivity index (χ0v) is 28.3. The molecule has 0 saturated carbocycles. The predicted octanol–water partition coefficient (Wildman–Crippen LogP) is 12.4. The molecule has 0 aromatic carbocycles. The van der Waals surface area contributed by atoms with E-state index in [1.54, 1.807) is 0 Å². The van der Waals surface area contributed by atoms with Gasteiger partial charge in [0.25, 0.3) is 0 Å². The molecule has 0 aliphatic heterocycles. The topological polar surface area (TPSA) is 60.2 Å². The molecule has 0 saturated heterocycles. The second-order valence-corrected chi connectivity index (χ2v) is 13.2. The van der Waals surface area contributed by atoms with Crippen molar-refractivity contribution in [2.24, 2.45) is 5.73 Å². The number of hydrogen-bond acceptors (Lipinski definition) is 3. The molecule has 0 fully saturated rings. The van der Waals surface area contributed by atoms with Crippen molar-refractivity contribution < 1.29 is 9.59 Å². The van der Waals surface area contributed by atoms with Crippen LogP contribution in [0, 0.1) is 0 Å². The van der Waals surface area contributed by atoms with E-state index in [9.17, 15) is 9.59 Å². The molecule has 0 aromatic heterocycles. The molecule has 2 N–H and O–H groups in total. The van der Waals surface area contributed by atoms with E-state index in [1.807, 2.05) is 0 Å². The predicted molar refractivity (Wildman–Crippen MR) is 182 cm³/mol. The number of hydrogen-bond donors (Lipinski definition) is 1. The Morgan fingerprint density at radius 3 is 0.927 bits per heavy atom. The van der Waals surface area contributed by atoms with Crippen molar-refractivity contribution in [1.29, 1.82) is 0 Å². The molecule has 244 valence electrons. The highest BCUT2D eigenvalue weighted by Gasteiger charge is 2.16. The minimum absolute atomic E-state index is 0.0875. The molecule has 0 aliphatic carbocycles. The monoisotopic (exact) mass is 578 g/mol. The standard InChI is InChI=1S/C38H75NO2/c1-3-5-7-9-11-13-15-17-19-21-23-25-27-29-31-33-36(40)35-37(39)38(41)34-32-30-28-26-24-22-20-18-16-14-12-10-8-6-4-2/h37H,3-35,39H2,1-2H3. The maximum Gasteiger partial charge on any atom is 0.149 e. The average Bonchev–Trinajstić information content (AvgIpc) is 2.96. The molecule has 0 aliphatic rings. The third-order valence-electron chi connectivity index (χ3n) is 8.95. The zero-order valence-electron chi connectivity index (χ0n) is 28.3. The van der Waals surface area contributed by atoms with E-state index in [1.165, 1.54) is 167 Å². The molecule has 41 heavy (non-hydrogen) atoms. The third kappa shape index (κ3) is 32.1. The van der Waals surface area contributed by atoms with Crippen LogP contribution < -0.4 is 5.73 Å². The molecule has 0 bridgehead atoms. The second kappa shape index (κ2) is 33.8. The average molecular weight is 578 g/mol. The molecule has 0 rings (SSSR count). The first-order chi connectivity index (χ1) is 20.1. The van der Waals surface area contributed by atoms with E-state index in [-0.39, 0.29) is 18.0 Å². The Morgan fingerprint density at radius 1 is 0.390 bits per heavy atom. The van der Waals surface area contributed by atoms with Crippen LogP contribution in [0.2, 0.25) is 0 Å². The summed E-state index contributed by atoms with van der Waals surface area (Å²) >= 11 is 0. The Kier molecular flexibility index (Phi) is 33.2. The molecular weight excluding hydrogens is 502 g/mol. The van der Waals surface area contributed by atoms with Gasteiger partial charge >= 0.3 is 0 Å². The first-order valence-electron chi connectivity index (χ1n) is 18.9. The summed E-state index contributed by atoms with van der Waals surface area (Å²) in [5.74, 6) is 0.265. The van der Waals surface area contributed by atoms with Crippen molar-refractivity contribution in [2.75, 3.05) is 0 Å². The molecule has 0 radical (unpaired) electrons. The van der Waals surface area contributed by atoms with Crippen molar-refractivity contribution in [1.82, 2.24) is 0 Å². The Balaban J connectivity index is 3.40. The van der Waals surface area contributed by atoms with Crippen LogP contribution in [-0.2, 0) is 9.59 Å². The van der Waals surface area contributed by atoms with Gasteiger partial charge in [-0.3, -0.25) is 9.59 Å². The van der Waals surface area contributed by atoms with Gasteiger partial charge in [0, 0.05) is 19.3 Å². The van der Waals surface area contributed by atoms with Crippen LogP contribution in [0.15, 0.2) is 0 Å². The van der Waals surface area contributed by atoms with Crippen LogP contribution in [-0.4, -0.2) is 17.6 Å². The Hall–Kier alpha value is -0.700. The van der Waals surface area contributed by atoms with Crippen LogP contribution in [0.4, 0.5) is 0 Å². The molecule has 1 atom stereocenters. The fraction of sp³-hybridized carbons (Fsp3) is 0.947. The third-order valence-corrected chi connectivity index (χ3v) is 8.95. The lowest BCUT2D eigenvalue weighted by atomic mass is 9.98. The summed E-state index contributed by atoms with van der Waals surface area (Å²) in [5, 5.41) is 0. The number of unbranched alkanes of at least 4 members (excludes halogenated alkanes) is 28. The van der Waals surface area contributed by atoms with Crippen molar-refractivity contribution in [3.63, 3.8) is 0 Å². The van der Waals surface area contributed by atoms with Gasteiger partial charge in [-0.2, -0.15) is 0 Å². The summed E-state index contributed by atoms with van der Waals surface area (Å²) in [6, 6.07) is -0.578. The van der Waals surface area contributed by atoms with Crippen molar-refractivity contribution >= 4 is 11.6 Å². The van der Waals surface area contributed by atoms with Gasteiger partial charge in [-0.1, -0.05) is 194 Å². The van der Waals surface area contributed by atoms with Gasteiger partial charge < -0.3 is 5.73 Å². The smallest absolute Gasteiger partial charge is 0.149 e. The highest BCUT2D eigenvalue weighted by Crippen LogP contribution is 2.16. The number of carbonyl (C=O) groups excluding carboxylic acids is 2. The van der Waals surface area contributed by atoms with Crippen LogP contribution in [0.25, 0.3) is 0 Å².